The zero-order valence-corrected chi connectivity index (χ0v) is 17.7. The molecule has 2 saturated heterocycles. The van der Waals surface area contributed by atoms with Gasteiger partial charge in [0.15, 0.2) is 11.5 Å². The molecule has 2 aromatic rings. The standard InChI is InChI=1S/C16H25N7O3S2/c1-27-16-18-14(21-7-9-26-10-8-21)15-17-13(12-23(15)19-16)11-20-3-5-22(6-4-20)28(2,24)25/h12H,3-11H2,1-2H3. The number of rotatable bonds is 5. The molecule has 12 heteroatoms. The maximum absolute atomic E-state index is 11.7. The molecule has 0 N–H and O–H groups in total. The number of sulfonamides is 1. The predicted octanol–water partition coefficient (Wildman–Crippen LogP) is -0.240. The molecule has 154 valence electrons. The van der Waals surface area contributed by atoms with Crippen LogP contribution in [0, 0.1) is 0 Å². The van der Waals surface area contributed by atoms with Crippen LogP contribution < -0.4 is 4.90 Å². The van der Waals surface area contributed by atoms with Crippen LogP contribution in [0.5, 0.6) is 0 Å². The maximum atomic E-state index is 11.7. The summed E-state index contributed by atoms with van der Waals surface area (Å²) in [4.78, 5) is 13.9. The number of ether oxygens (including phenoxy) is 1. The topological polar surface area (TPSA) is 96.2 Å². The number of morpholine rings is 1. The van der Waals surface area contributed by atoms with Gasteiger partial charge in [-0.15, -0.1) is 5.10 Å². The zero-order valence-electron chi connectivity index (χ0n) is 16.1. The molecule has 0 radical (unpaired) electrons. The first-order valence-corrected chi connectivity index (χ1v) is 12.3. The molecule has 0 amide bonds. The van der Waals surface area contributed by atoms with Crippen LogP contribution in [-0.2, 0) is 21.3 Å². The highest BCUT2D eigenvalue weighted by Gasteiger charge is 2.25. The SMILES string of the molecule is CSc1nc(N2CCOCC2)c2nc(CN3CCN(S(C)(=O)=O)CC3)cn2n1. The van der Waals surface area contributed by atoms with Crippen LogP contribution in [0.4, 0.5) is 5.82 Å². The second-order valence-electron chi connectivity index (χ2n) is 6.96. The smallest absolute Gasteiger partial charge is 0.211 e. The number of hydrogen-bond acceptors (Lipinski definition) is 9. The van der Waals surface area contributed by atoms with Crippen molar-refractivity contribution in [3.63, 3.8) is 0 Å². The lowest BCUT2D eigenvalue weighted by Gasteiger charge is -2.32. The lowest BCUT2D eigenvalue weighted by molar-refractivity contribution is 0.122. The predicted molar refractivity (Wildman–Crippen MR) is 107 cm³/mol. The average Bonchev–Trinajstić information content (AvgIpc) is 3.09. The van der Waals surface area contributed by atoms with Gasteiger partial charge in [-0.25, -0.2) is 17.9 Å². The molecule has 4 rings (SSSR count). The molecule has 2 aliphatic heterocycles. The Morgan fingerprint density at radius 3 is 2.46 bits per heavy atom. The molecule has 0 saturated carbocycles. The Labute approximate surface area is 168 Å². The van der Waals surface area contributed by atoms with Gasteiger partial charge in [0, 0.05) is 45.8 Å². The van der Waals surface area contributed by atoms with Crippen molar-refractivity contribution in [3.05, 3.63) is 11.9 Å². The van der Waals surface area contributed by atoms with Gasteiger partial charge in [-0.05, 0) is 6.26 Å². The molecule has 2 fully saturated rings. The summed E-state index contributed by atoms with van der Waals surface area (Å²) in [6.45, 7) is 6.03. The molecule has 10 nitrogen and oxygen atoms in total. The van der Waals surface area contributed by atoms with E-state index in [1.54, 1.807) is 0 Å². The van der Waals surface area contributed by atoms with E-state index in [1.807, 2.05) is 17.0 Å². The molecule has 4 heterocycles. The molecule has 28 heavy (non-hydrogen) atoms. The Kier molecular flexibility index (Phi) is 5.74. The van der Waals surface area contributed by atoms with E-state index < -0.39 is 10.0 Å². The minimum Gasteiger partial charge on any atom is -0.378 e. The summed E-state index contributed by atoms with van der Waals surface area (Å²) in [5, 5.41) is 5.26. The van der Waals surface area contributed by atoms with Crippen LogP contribution in [0.25, 0.3) is 5.65 Å². The number of imidazole rings is 1. The fraction of sp³-hybridized carbons (Fsp3) is 0.688. The highest BCUT2D eigenvalue weighted by molar-refractivity contribution is 7.98. The monoisotopic (exact) mass is 427 g/mol. The van der Waals surface area contributed by atoms with Gasteiger partial charge in [0.05, 0.1) is 31.4 Å². The van der Waals surface area contributed by atoms with Gasteiger partial charge in [-0.3, -0.25) is 4.90 Å². The molecular weight excluding hydrogens is 402 g/mol. The fourth-order valence-corrected chi connectivity index (χ4v) is 4.67. The van der Waals surface area contributed by atoms with Gasteiger partial charge < -0.3 is 9.64 Å². The van der Waals surface area contributed by atoms with E-state index in [2.05, 4.69) is 14.9 Å². The first kappa shape index (κ1) is 19.8. The Morgan fingerprint density at radius 1 is 1.11 bits per heavy atom. The van der Waals surface area contributed by atoms with Crippen molar-refractivity contribution >= 4 is 33.3 Å². The van der Waals surface area contributed by atoms with E-state index in [0.717, 1.165) is 30.2 Å². The van der Waals surface area contributed by atoms with Crippen molar-refractivity contribution in [1.29, 1.82) is 0 Å². The normalized spacial score (nSPS) is 20.1. The minimum atomic E-state index is -3.12. The quantitative estimate of drug-likeness (QED) is 0.599. The molecule has 0 spiro atoms. The molecular formula is C16H25N7O3S2. The van der Waals surface area contributed by atoms with Gasteiger partial charge in [0.1, 0.15) is 0 Å². The van der Waals surface area contributed by atoms with Gasteiger partial charge in [-0.1, -0.05) is 11.8 Å². The Balaban J connectivity index is 1.54. The molecule has 0 bridgehead atoms. The van der Waals surface area contributed by atoms with Crippen LogP contribution >= 0.6 is 11.8 Å². The van der Waals surface area contributed by atoms with Crippen molar-refractivity contribution < 1.29 is 13.2 Å². The van der Waals surface area contributed by atoms with Gasteiger partial charge >= 0.3 is 0 Å². The third kappa shape index (κ3) is 4.25. The number of anilines is 1. The summed E-state index contributed by atoms with van der Waals surface area (Å²) in [6, 6.07) is 0. The lowest BCUT2D eigenvalue weighted by Crippen LogP contribution is -2.47. The van der Waals surface area contributed by atoms with Crippen LogP contribution in [0.1, 0.15) is 5.69 Å². The Hall–Kier alpha value is -1.47. The third-order valence-electron chi connectivity index (χ3n) is 5.01. The fourth-order valence-electron chi connectivity index (χ4n) is 3.50. The van der Waals surface area contributed by atoms with Gasteiger partial charge in [0.2, 0.25) is 15.2 Å². The van der Waals surface area contributed by atoms with E-state index >= 15 is 0 Å². The highest BCUT2D eigenvalue weighted by atomic mass is 32.2. The summed E-state index contributed by atoms with van der Waals surface area (Å²) in [5.74, 6) is 0.843. The summed E-state index contributed by atoms with van der Waals surface area (Å²) in [7, 11) is -3.12. The van der Waals surface area contributed by atoms with E-state index in [1.165, 1.54) is 22.3 Å². The largest absolute Gasteiger partial charge is 0.378 e. The van der Waals surface area contributed by atoms with Crippen LogP contribution in [0.3, 0.4) is 0 Å². The third-order valence-corrected chi connectivity index (χ3v) is 6.85. The second-order valence-corrected chi connectivity index (χ2v) is 9.72. The van der Waals surface area contributed by atoms with Crippen LogP contribution in [0.2, 0.25) is 0 Å². The molecule has 0 aromatic carbocycles. The lowest BCUT2D eigenvalue weighted by atomic mass is 10.3. The van der Waals surface area contributed by atoms with Crippen molar-refractivity contribution in [2.75, 3.05) is 69.9 Å². The number of aromatic nitrogens is 4. The molecule has 0 atom stereocenters. The summed E-state index contributed by atoms with van der Waals surface area (Å²) in [6.07, 6.45) is 5.17. The number of fused-ring (bicyclic) bond motifs is 1. The molecule has 0 aliphatic carbocycles. The highest BCUT2D eigenvalue weighted by Crippen LogP contribution is 2.23. The maximum Gasteiger partial charge on any atom is 0.211 e. The van der Waals surface area contributed by atoms with Crippen molar-refractivity contribution in [3.8, 4) is 0 Å². The Bertz CT molecular complexity index is 935. The number of nitrogens with zero attached hydrogens (tertiary/aromatic N) is 7. The van der Waals surface area contributed by atoms with E-state index in [0.29, 0.717) is 51.1 Å². The van der Waals surface area contributed by atoms with Gasteiger partial charge in [-0.2, -0.15) is 9.29 Å². The molecule has 0 unspecified atom stereocenters. The average molecular weight is 428 g/mol. The van der Waals surface area contributed by atoms with E-state index in [-0.39, 0.29) is 0 Å². The van der Waals surface area contributed by atoms with Crippen molar-refractivity contribution in [1.82, 2.24) is 28.8 Å². The van der Waals surface area contributed by atoms with Crippen molar-refractivity contribution in [2.24, 2.45) is 0 Å². The van der Waals surface area contributed by atoms with E-state index in [4.69, 9.17) is 14.7 Å². The summed E-state index contributed by atoms with van der Waals surface area (Å²) < 4.78 is 32.2. The van der Waals surface area contributed by atoms with Gasteiger partial charge in [0.25, 0.3) is 0 Å². The Morgan fingerprint density at radius 2 is 1.82 bits per heavy atom. The molecule has 2 aromatic heterocycles. The summed E-state index contributed by atoms with van der Waals surface area (Å²) in [5.41, 5.74) is 1.67. The van der Waals surface area contributed by atoms with E-state index in [9.17, 15) is 8.42 Å². The van der Waals surface area contributed by atoms with Crippen molar-refractivity contribution in [2.45, 2.75) is 11.7 Å². The first-order valence-electron chi connectivity index (χ1n) is 9.24. The zero-order chi connectivity index (χ0) is 19.7. The summed E-state index contributed by atoms with van der Waals surface area (Å²) >= 11 is 1.51. The number of piperazine rings is 1. The number of thioether (sulfide) groups is 1. The number of hydrogen-bond donors (Lipinski definition) is 0. The van der Waals surface area contributed by atoms with Crippen LogP contribution in [0.15, 0.2) is 11.4 Å². The molecule has 2 aliphatic rings. The first-order chi connectivity index (χ1) is 13.4. The minimum absolute atomic E-state index is 0.516. The van der Waals surface area contributed by atoms with Crippen LogP contribution in [-0.4, -0.2) is 102 Å². The second kappa shape index (κ2) is 8.11.